The molecule has 0 saturated carbocycles. The molecule has 0 radical (unpaired) electrons. The van der Waals surface area contributed by atoms with Gasteiger partial charge in [0.1, 0.15) is 5.82 Å². The van der Waals surface area contributed by atoms with E-state index in [1.165, 1.54) is 0 Å². The van der Waals surface area contributed by atoms with E-state index in [0.29, 0.717) is 5.92 Å². The van der Waals surface area contributed by atoms with Crippen molar-refractivity contribution in [1.29, 1.82) is 0 Å². The molecular formula is C18H21N7. The van der Waals surface area contributed by atoms with Crippen LogP contribution in [0, 0.1) is 0 Å². The molecule has 25 heavy (non-hydrogen) atoms. The quantitative estimate of drug-likeness (QED) is 0.729. The van der Waals surface area contributed by atoms with Gasteiger partial charge in [0.05, 0.1) is 11.9 Å². The normalized spacial score (nSPS) is 17.6. The maximum atomic E-state index is 4.87. The molecule has 4 heterocycles. The number of aryl methyl sites for hydroxylation is 1. The average molecular weight is 335 g/mol. The van der Waals surface area contributed by atoms with Gasteiger partial charge in [0.25, 0.3) is 0 Å². The third kappa shape index (κ3) is 3.22. The third-order valence-electron chi connectivity index (χ3n) is 4.60. The highest BCUT2D eigenvalue weighted by molar-refractivity contribution is 5.32. The van der Waals surface area contributed by atoms with Gasteiger partial charge in [0.2, 0.25) is 5.95 Å². The Balaban J connectivity index is 1.58. The van der Waals surface area contributed by atoms with Crippen LogP contribution in [0.5, 0.6) is 0 Å². The minimum Gasteiger partial charge on any atom is -0.340 e. The fraction of sp³-hybridized carbons (Fsp3) is 0.389. The number of imidazole rings is 1. The predicted octanol–water partition coefficient (Wildman–Crippen LogP) is 2.40. The number of aromatic nitrogens is 6. The number of nitrogens with zero attached hydrogens (tertiary/aromatic N) is 7. The molecule has 1 fully saturated rings. The monoisotopic (exact) mass is 335 g/mol. The van der Waals surface area contributed by atoms with Gasteiger partial charge in [-0.1, -0.05) is 6.92 Å². The fourth-order valence-electron chi connectivity index (χ4n) is 3.34. The second-order valence-corrected chi connectivity index (χ2v) is 6.20. The molecule has 0 aliphatic carbocycles. The largest absolute Gasteiger partial charge is 0.340 e. The first-order chi connectivity index (χ1) is 12.3. The molecule has 7 heteroatoms. The number of rotatable bonds is 4. The summed E-state index contributed by atoms with van der Waals surface area (Å²) in [5.41, 5.74) is 1.02. The van der Waals surface area contributed by atoms with Gasteiger partial charge in [-0.2, -0.15) is 0 Å². The first-order valence-corrected chi connectivity index (χ1v) is 8.71. The van der Waals surface area contributed by atoms with E-state index in [9.17, 15) is 0 Å². The Morgan fingerprint density at radius 1 is 1.12 bits per heavy atom. The van der Waals surface area contributed by atoms with E-state index in [0.717, 1.165) is 55.6 Å². The van der Waals surface area contributed by atoms with E-state index >= 15 is 0 Å². The zero-order chi connectivity index (χ0) is 17.1. The van der Waals surface area contributed by atoms with Crippen LogP contribution in [0.1, 0.15) is 37.2 Å². The summed E-state index contributed by atoms with van der Waals surface area (Å²) in [7, 11) is 0. The average Bonchev–Trinajstić information content (AvgIpc) is 3.18. The fourth-order valence-corrected chi connectivity index (χ4v) is 3.34. The predicted molar refractivity (Wildman–Crippen MR) is 94.8 cm³/mol. The Bertz CT molecular complexity index is 830. The molecule has 1 unspecified atom stereocenters. The van der Waals surface area contributed by atoms with Gasteiger partial charge in [0, 0.05) is 56.4 Å². The molecule has 4 rings (SSSR count). The Hall–Kier alpha value is -2.83. The summed E-state index contributed by atoms with van der Waals surface area (Å²) < 4.78 is 2.01. The summed E-state index contributed by atoms with van der Waals surface area (Å²) in [5.74, 6) is 2.95. The van der Waals surface area contributed by atoms with Crippen molar-refractivity contribution in [3.05, 3.63) is 54.8 Å². The maximum absolute atomic E-state index is 4.87. The van der Waals surface area contributed by atoms with Gasteiger partial charge in [-0.15, -0.1) is 0 Å². The molecule has 0 aromatic carbocycles. The number of anilines is 1. The lowest BCUT2D eigenvalue weighted by molar-refractivity contribution is 0.493. The number of hydrogen-bond acceptors (Lipinski definition) is 6. The van der Waals surface area contributed by atoms with Gasteiger partial charge in [-0.3, -0.25) is 9.55 Å². The molecule has 1 aliphatic rings. The van der Waals surface area contributed by atoms with Crippen LogP contribution in [-0.4, -0.2) is 42.6 Å². The molecule has 1 aliphatic heterocycles. The van der Waals surface area contributed by atoms with Crippen LogP contribution in [0.15, 0.2) is 43.2 Å². The summed E-state index contributed by atoms with van der Waals surface area (Å²) in [4.78, 5) is 24.7. The molecule has 0 amide bonds. The van der Waals surface area contributed by atoms with Crippen molar-refractivity contribution in [3.63, 3.8) is 0 Å². The van der Waals surface area contributed by atoms with E-state index in [1.54, 1.807) is 18.6 Å². The smallest absolute Gasteiger partial charge is 0.225 e. The summed E-state index contributed by atoms with van der Waals surface area (Å²) in [6.07, 6.45) is 14.1. The summed E-state index contributed by atoms with van der Waals surface area (Å²) >= 11 is 0. The lowest BCUT2D eigenvalue weighted by atomic mass is 9.95. The van der Waals surface area contributed by atoms with Gasteiger partial charge >= 0.3 is 0 Å². The standard InChI is InChI=1S/C18H21N7/c1-2-16-20-8-10-25(16)17-12-19-11-15(23-17)14-5-3-9-24(13-14)18-21-6-4-7-22-18/h4,6-8,10-12,14H,2-3,5,9,13H2,1H3. The van der Waals surface area contributed by atoms with Crippen molar-refractivity contribution in [2.75, 3.05) is 18.0 Å². The molecule has 1 atom stereocenters. The molecule has 0 bridgehead atoms. The summed E-state index contributed by atoms with van der Waals surface area (Å²) in [6, 6.07) is 1.84. The van der Waals surface area contributed by atoms with Crippen LogP contribution in [0.3, 0.4) is 0 Å². The van der Waals surface area contributed by atoms with E-state index in [2.05, 4.69) is 31.8 Å². The topological polar surface area (TPSA) is 72.6 Å². The first kappa shape index (κ1) is 15.7. The van der Waals surface area contributed by atoms with Crippen molar-refractivity contribution >= 4 is 5.95 Å². The molecule has 0 spiro atoms. The van der Waals surface area contributed by atoms with E-state index in [4.69, 9.17) is 4.98 Å². The molecule has 3 aromatic rings. The molecular weight excluding hydrogens is 314 g/mol. The van der Waals surface area contributed by atoms with Crippen LogP contribution in [0.4, 0.5) is 5.95 Å². The Morgan fingerprint density at radius 2 is 2.00 bits per heavy atom. The van der Waals surface area contributed by atoms with Gasteiger partial charge < -0.3 is 4.90 Å². The second kappa shape index (κ2) is 6.96. The maximum Gasteiger partial charge on any atom is 0.225 e. The SMILES string of the molecule is CCc1nccn1-c1cncc(C2CCCN(c3ncccn3)C2)n1. The number of piperidine rings is 1. The molecule has 128 valence electrons. The number of hydrogen-bond donors (Lipinski definition) is 0. The van der Waals surface area contributed by atoms with E-state index in [-0.39, 0.29) is 0 Å². The van der Waals surface area contributed by atoms with Crippen LogP contribution < -0.4 is 4.90 Å². The van der Waals surface area contributed by atoms with Crippen LogP contribution in [0.2, 0.25) is 0 Å². The van der Waals surface area contributed by atoms with Crippen LogP contribution >= 0.6 is 0 Å². The second-order valence-electron chi connectivity index (χ2n) is 6.20. The van der Waals surface area contributed by atoms with Crippen LogP contribution in [-0.2, 0) is 6.42 Å². The van der Waals surface area contributed by atoms with Crippen molar-refractivity contribution in [2.45, 2.75) is 32.1 Å². The van der Waals surface area contributed by atoms with Crippen molar-refractivity contribution in [1.82, 2.24) is 29.5 Å². The highest BCUT2D eigenvalue weighted by Gasteiger charge is 2.24. The zero-order valence-corrected chi connectivity index (χ0v) is 14.3. The minimum atomic E-state index is 0.332. The first-order valence-electron chi connectivity index (χ1n) is 8.71. The van der Waals surface area contributed by atoms with Crippen LogP contribution in [0.25, 0.3) is 5.82 Å². The lowest BCUT2D eigenvalue weighted by Gasteiger charge is -2.32. The van der Waals surface area contributed by atoms with Gasteiger partial charge in [-0.25, -0.2) is 19.9 Å². The Morgan fingerprint density at radius 3 is 2.84 bits per heavy atom. The molecule has 1 saturated heterocycles. The lowest BCUT2D eigenvalue weighted by Crippen LogP contribution is -2.35. The highest BCUT2D eigenvalue weighted by Crippen LogP contribution is 2.27. The van der Waals surface area contributed by atoms with E-state index < -0.39 is 0 Å². The summed E-state index contributed by atoms with van der Waals surface area (Å²) in [6.45, 7) is 3.94. The Kier molecular flexibility index (Phi) is 4.37. The minimum absolute atomic E-state index is 0.332. The van der Waals surface area contributed by atoms with E-state index in [1.807, 2.05) is 29.2 Å². The highest BCUT2D eigenvalue weighted by atomic mass is 15.3. The van der Waals surface area contributed by atoms with Crippen molar-refractivity contribution in [3.8, 4) is 5.82 Å². The van der Waals surface area contributed by atoms with Crippen molar-refractivity contribution in [2.24, 2.45) is 0 Å². The molecule has 0 N–H and O–H groups in total. The summed E-state index contributed by atoms with van der Waals surface area (Å²) in [5, 5.41) is 0. The van der Waals surface area contributed by atoms with Gasteiger partial charge in [0.15, 0.2) is 5.82 Å². The Labute approximate surface area is 146 Å². The molecule has 7 nitrogen and oxygen atoms in total. The third-order valence-corrected chi connectivity index (χ3v) is 4.60. The molecule has 3 aromatic heterocycles. The van der Waals surface area contributed by atoms with Gasteiger partial charge in [-0.05, 0) is 18.9 Å². The zero-order valence-electron chi connectivity index (χ0n) is 14.3. The van der Waals surface area contributed by atoms with Crippen molar-refractivity contribution < 1.29 is 0 Å².